The molecule has 0 spiro atoms. The predicted molar refractivity (Wildman–Crippen MR) is 66.9 cm³/mol. The Bertz CT molecular complexity index is 404. The van der Waals surface area contributed by atoms with Crippen molar-refractivity contribution in [3.05, 3.63) is 11.8 Å². The molecule has 1 aromatic heterocycles. The van der Waals surface area contributed by atoms with E-state index in [1.165, 1.54) is 0 Å². The number of aromatic nitrogens is 2. The second-order valence-corrected chi connectivity index (χ2v) is 5.30. The Hall–Kier alpha value is -1.36. The van der Waals surface area contributed by atoms with E-state index in [2.05, 4.69) is 34.7 Å². The number of hydrogen-bond acceptors (Lipinski definition) is 3. The number of carbonyl (C=O) groups is 1. The molecule has 1 unspecified atom stereocenters. The Kier molecular flexibility index (Phi) is 3.19. The Balaban J connectivity index is 2.02. The van der Waals surface area contributed by atoms with Crippen LogP contribution in [-0.4, -0.2) is 29.2 Å². The number of carbonyl (C=O) groups excluding carboxylic acids is 1. The Morgan fingerprint density at radius 2 is 2.35 bits per heavy atom. The minimum atomic E-state index is -0.309. The molecular formula is C12H20N4O. The summed E-state index contributed by atoms with van der Waals surface area (Å²) in [5.41, 5.74) is 0.728. The lowest BCUT2D eigenvalue weighted by Gasteiger charge is -2.20. The fourth-order valence-electron chi connectivity index (χ4n) is 1.97. The first kappa shape index (κ1) is 12.1. The maximum Gasteiger partial charge on any atom is 0.232 e. The van der Waals surface area contributed by atoms with Gasteiger partial charge in [-0.1, -0.05) is 13.8 Å². The SMILES string of the molecule is CC(C)c1cc(NC(=O)C2(C)CCNC2)n[nH]1. The molecule has 1 fully saturated rings. The van der Waals surface area contributed by atoms with E-state index < -0.39 is 0 Å². The lowest BCUT2D eigenvalue weighted by Crippen LogP contribution is -2.35. The van der Waals surface area contributed by atoms with Gasteiger partial charge in [0, 0.05) is 18.3 Å². The summed E-state index contributed by atoms with van der Waals surface area (Å²) in [5, 5.41) is 13.1. The highest BCUT2D eigenvalue weighted by molar-refractivity contribution is 5.94. The van der Waals surface area contributed by atoms with E-state index in [9.17, 15) is 4.79 Å². The van der Waals surface area contributed by atoms with Crippen LogP contribution in [0, 0.1) is 5.41 Å². The minimum Gasteiger partial charge on any atom is -0.316 e. The highest BCUT2D eigenvalue weighted by Gasteiger charge is 2.36. The van der Waals surface area contributed by atoms with Crippen molar-refractivity contribution in [2.75, 3.05) is 18.4 Å². The van der Waals surface area contributed by atoms with E-state index in [0.717, 1.165) is 25.2 Å². The van der Waals surface area contributed by atoms with Gasteiger partial charge in [-0.05, 0) is 25.8 Å². The van der Waals surface area contributed by atoms with Crippen LogP contribution < -0.4 is 10.6 Å². The third-order valence-electron chi connectivity index (χ3n) is 3.38. The third-order valence-corrected chi connectivity index (χ3v) is 3.38. The molecule has 1 atom stereocenters. The first-order valence-corrected chi connectivity index (χ1v) is 6.09. The second-order valence-electron chi connectivity index (χ2n) is 5.30. The Morgan fingerprint density at radius 3 is 2.88 bits per heavy atom. The van der Waals surface area contributed by atoms with Gasteiger partial charge in [0.05, 0.1) is 5.41 Å². The third kappa shape index (κ3) is 2.49. The van der Waals surface area contributed by atoms with Crippen molar-refractivity contribution in [1.82, 2.24) is 15.5 Å². The largest absolute Gasteiger partial charge is 0.316 e. The first-order valence-electron chi connectivity index (χ1n) is 6.09. The molecule has 1 saturated heterocycles. The second kappa shape index (κ2) is 4.49. The van der Waals surface area contributed by atoms with Crippen molar-refractivity contribution >= 4 is 11.7 Å². The van der Waals surface area contributed by atoms with Gasteiger partial charge < -0.3 is 10.6 Å². The Morgan fingerprint density at radius 1 is 1.59 bits per heavy atom. The summed E-state index contributed by atoms with van der Waals surface area (Å²) in [6, 6.07) is 1.90. The zero-order valence-corrected chi connectivity index (χ0v) is 10.6. The van der Waals surface area contributed by atoms with Gasteiger partial charge in [-0.2, -0.15) is 5.10 Å². The number of H-pyrrole nitrogens is 1. The monoisotopic (exact) mass is 236 g/mol. The molecule has 1 amide bonds. The van der Waals surface area contributed by atoms with Crippen molar-refractivity contribution in [3.8, 4) is 0 Å². The molecule has 1 aromatic rings. The maximum atomic E-state index is 12.1. The molecule has 1 aliphatic heterocycles. The summed E-state index contributed by atoms with van der Waals surface area (Å²) in [5.74, 6) is 1.05. The van der Waals surface area contributed by atoms with Crippen LogP contribution in [0.3, 0.4) is 0 Å². The van der Waals surface area contributed by atoms with E-state index in [4.69, 9.17) is 0 Å². The zero-order chi connectivity index (χ0) is 12.5. The number of hydrogen-bond donors (Lipinski definition) is 3. The molecule has 0 aromatic carbocycles. The predicted octanol–water partition coefficient (Wildman–Crippen LogP) is 1.47. The fourth-order valence-corrected chi connectivity index (χ4v) is 1.97. The maximum absolute atomic E-state index is 12.1. The van der Waals surface area contributed by atoms with Crippen molar-refractivity contribution in [3.63, 3.8) is 0 Å². The van der Waals surface area contributed by atoms with Crippen LogP contribution in [0.1, 0.15) is 38.8 Å². The highest BCUT2D eigenvalue weighted by Crippen LogP contribution is 2.26. The smallest absolute Gasteiger partial charge is 0.232 e. The van der Waals surface area contributed by atoms with Gasteiger partial charge in [-0.25, -0.2) is 0 Å². The summed E-state index contributed by atoms with van der Waals surface area (Å²) in [4.78, 5) is 12.1. The van der Waals surface area contributed by atoms with Crippen LogP contribution in [0.15, 0.2) is 6.07 Å². The van der Waals surface area contributed by atoms with Crippen LogP contribution in [0.2, 0.25) is 0 Å². The molecule has 0 saturated carbocycles. The van der Waals surface area contributed by atoms with E-state index in [0.29, 0.717) is 11.7 Å². The number of amides is 1. The topological polar surface area (TPSA) is 69.8 Å². The van der Waals surface area contributed by atoms with Gasteiger partial charge >= 0.3 is 0 Å². The van der Waals surface area contributed by atoms with Crippen LogP contribution in [0.5, 0.6) is 0 Å². The molecule has 5 heteroatoms. The highest BCUT2D eigenvalue weighted by atomic mass is 16.2. The van der Waals surface area contributed by atoms with E-state index in [1.807, 2.05) is 13.0 Å². The standard InChI is InChI=1S/C12H20N4O/c1-8(2)9-6-10(16-15-9)14-11(17)12(3)4-5-13-7-12/h6,8,13H,4-5,7H2,1-3H3,(H2,14,15,16,17). The number of rotatable bonds is 3. The molecule has 5 nitrogen and oxygen atoms in total. The zero-order valence-electron chi connectivity index (χ0n) is 10.6. The lowest BCUT2D eigenvalue weighted by atomic mass is 9.89. The molecule has 0 radical (unpaired) electrons. The van der Waals surface area contributed by atoms with Crippen LogP contribution >= 0.6 is 0 Å². The number of anilines is 1. The molecule has 17 heavy (non-hydrogen) atoms. The van der Waals surface area contributed by atoms with Gasteiger partial charge in [0.25, 0.3) is 0 Å². The summed E-state index contributed by atoms with van der Waals surface area (Å²) in [7, 11) is 0. The summed E-state index contributed by atoms with van der Waals surface area (Å²) in [6.07, 6.45) is 0.875. The molecule has 2 rings (SSSR count). The quantitative estimate of drug-likeness (QED) is 0.744. The fraction of sp³-hybridized carbons (Fsp3) is 0.667. The average Bonchev–Trinajstić information content (AvgIpc) is 2.88. The summed E-state index contributed by atoms with van der Waals surface area (Å²) < 4.78 is 0. The number of nitrogens with one attached hydrogen (secondary N) is 3. The van der Waals surface area contributed by atoms with Gasteiger partial charge in [0.1, 0.15) is 0 Å². The summed E-state index contributed by atoms with van der Waals surface area (Å²) >= 11 is 0. The normalized spacial score (nSPS) is 24.2. The number of nitrogens with zero attached hydrogens (tertiary/aromatic N) is 1. The van der Waals surface area contributed by atoms with Crippen molar-refractivity contribution in [2.45, 2.75) is 33.1 Å². The minimum absolute atomic E-state index is 0.0457. The molecular weight excluding hydrogens is 216 g/mol. The van der Waals surface area contributed by atoms with Crippen LogP contribution in [-0.2, 0) is 4.79 Å². The van der Waals surface area contributed by atoms with Gasteiger partial charge in [-0.15, -0.1) is 0 Å². The molecule has 2 heterocycles. The van der Waals surface area contributed by atoms with E-state index >= 15 is 0 Å². The first-order chi connectivity index (χ1) is 8.01. The lowest BCUT2D eigenvalue weighted by molar-refractivity contribution is -0.123. The van der Waals surface area contributed by atoms with Crippen molar-refractivity contribution < 1.29 is 4.79 Å². The van der Waals surface area contributed by atoms with Gasteiger partial charge in [0.15, 0.2) is 5.82 Å². The average molecular weight is 236 g/mol. The molecule has 0 bridgehead atoms. The van der Waals surface area contributed by atoms with Crippen molar-refractivity contribution in [2.24, 2.45) is 5.41 Å². The molecule has 0 aliphatic carbocycles. The summed E-state index contributed by atoms with van der Waals surface area (Å²) in [6.45, 7) is 7.79. The van der Waals surface area contributed by atoms with Gasteiger partial charge in [-0.3, -0.25) is 9.89 Å². The van der Waals surface area contributed by atoms with Crippen LogP contribution in [0.25, 0.3) is 0 Å². The molecule has 1 aliphatic rings. The molecule has 94 valence electrons. The van der Waals surface area contributed by atoms with Crippen LogP contribution in [0.4, 0.5) is 5.82 Å². The molecule has 3 N–H and O–H groups in total. The van der Waals surface area contributed by atoms with Crippen molar-refractivity contribution in [1.29, 1.82) is 0 Å². The Labute approximate surface area is 101 Å². The van der Waals surface area contributed by atoms with E-state index in [1.54, 1.807) is 0 Å². The number of aromatic amines is 1. The van der Waals surface area contributed by atoms with Gasteiger partial charge in [0.2, 0.25) is 5.91 Å². The van der Waals surface area contributed by atoms with E-state index in [-0.39, 0.29) is 11.3 Å².